The van der Waals surface area contributed by atoms with Gasteiger partial charge in [-0.15, -0.1) is 0 Å². The van der Waals surface area contributed by atoms with Gasteiger partial charge in [0.25, 0.3) is 0 Å². The van der Waals surface area contributed by atoms with E-state index in [1.807, 2.05) is 4.90 Å². The molecule has 0 aromatic carbocycles. The molecular formula is C12H23NO2. The van der Waals surface area contributed by atoms with Crippen molar-refractivity contribution in [3.8, 4) is 0 Å². The van der Waals surface area contributed by atoms with Gasteiger partial charge in [0.1, 0.15) is 0 Å². The van der Waals surface area contributed by atoms with E-state index in [1.54, 1.807) is 0 Å². The summed E-state index contributed by atoms with van der Waals surface area (Å²) in [7, 11) is 0. The molecule has 0 atom stereocenters. The molecule has 0 aromatic rings. The molecule has 0 spiro atoms. The zero-order valence-electron chi connectivity index (χ0n) is 9.74. The van der Waals surface area contributed by atoms with Gasteiger partial charge in [0.15, 0.2) is 0 Å². The van der Waals surface area contributed by atoms with Crippen LogP contribution in [0.3, 0.4) is 0 Å². The predicted octanol–water partition coefficient (Wildman–Crippen LogP) is 1.80. The van der Waals surface area contributed by atoms with Crippen molar-refractivity contribution < 1.29 is 9.90 Å². The Morgan fingerprint density at radius 2 is 2.13 bits per heavy atom. The number of carbonyl (C=O) groups excluding carboxylic acids is 1. The summed E-state index contributed by atoms with van der Waals surface area (Å²) >= 11 is 0. The molecule has 0 unspecified atom stereocenters. The maximum absolute atomic E-state index is 11.9. The van der Waals surface area contributed by atoms with Gasteiger partial charge in [0.05, 0.1) is 6.61 Å². The zero-order chi connectivity index (χ0) is 11.1. The van der Waals surface area contributed by atoms with E-state index in [4.69, 9.17) is 5.11 Å². The van der Waals surface area contributed by atoms with Gasteiger partial charge in [-0.25, -0.2) is 0 Å². The van der Waals surface area contributed by atoms with Gasteiger partial charge >= 0.3 is 0 Å². The molecule has 0 aromatic heterocycles. The lowest BCUT2D eigenvalue weighted by atomic mass is 9.82. The molecule has 3 heteroatoms. The highest BCUT2D eigenvalue weighted by Crippen LogP contribution is 2.29. The van der Waals surface area contributed by atoms with Gasteiger partial charge in [-0.3, -0.25) is 4.79 Å². The lowest BCUT2D eigenvalue weighted by Crippen LogP contribution is -2.36. The van der Waals surface area contributed by atoms with Crippen molar-refractivity contribution in [2.75, 3.05) is 19.7 Å². The third-order valence-electron chi connectivity index (χ3n) is 3.19. The lowest BCUT2D eigenvalue weighted by Gasteiger charge is -2.28. The van der Waals surface area contributed by atoms with E-state index in [-0.39, 0.29) is 12.5 Å². The molecule has 1 amide bonds. The van der Waals surface area contributed by atoms with Crippen molar-refractivity contribution in [2.24, 2.45) is 5.92 Å². The first-order valence-electron chi connectivity index (χ1n) is 6.16. The van der Waals surface area contributed by atoms with E-state index in [2.05, 4.69) is 6.92 Å². The summed E-state index contributed by atoms with van der Waals surface area (Å²) < 4.78 is 0. The maximum Gasteiger partial charge on any atom is 0.222 e. The molecule has 15 heavy (non-hydrogen) atoms. The predicted molar refractivity (Wildman–Crippen MR) is 60.5 cm³/mol. The molecule has 1 aliphatic carbocycles. The van der Waals surface area contributed by atoms with Crippen LogP contribution in [-0.2, 0) is 4.79 Å². The van der Waals surface area contributed by atoms with Crippen molar-refractivity contribution in [1.82, 2.24) is 4.90 Å². The summed E-state index contributed by atoms with van der Waals surface area (Å²) in [5.41, 5.74) is 0. The van der Waals surface area contributed by atoms with Crippen molar-refractivity contribution in [3.63, 3.8) is 0 Å². The number of amides is 1. The first-order chi connectivity index (χ1) is 7.27. The van der Waals surface area contributed by atoms with Crippen molar-refractivity contribution in [3.05, 3.63) is 0 Å². The second-order valence-electron chi connectivity index (χ2n) is 4.46. The highest BCUT2D eigenvalue weighted by molar-refractivity contribution is 5.76. The average molecular weight is 213 g/mol. The van der Waals surface area contributed by atoms with Gasteiger partial charge in [-0.1, -0.05) is 19.8 Å². The summed E-state index contributed by atoms with van der Waals surface area (Å²) in [4.78, 5) is 13.7. The molecule has 1 saturated carbocycles. The fourth-order valence-corrected chi connectivity index (χ4v) is 1.90. The molecule has 1 fully saturated rings. The van der Waals surface area contributed by atoms with Crippen LogP contribution in [0, 0.1) is 5.92 Å². The van der Waals surface area contributed by atoms with Crippen LogP contribution in [0.25, 0.3) is 0 Å². The number of rotatable bonds is 7. The van der Waals surface area contributed by atoms with Crippen LogP contribution >= 0.6 is 0 Å². The van der Waals surface area contributed by atoms with Crippen LogP contribution in [0.4, 0.5) is 0 Å². The van der Waals surface area contributed by atoms with E-state index in [0.717, 1.165) is 19.4 Å². The maximum atomic E-state index is 11.9. The summed E-state index contributed by atoms with van der Waals surface area (Å²) in [5.74, 6) is 0.863. The monoisotopic (exact) mass is 213 g/mol. The Morgan fingerprint density at radius 3 is 2.60 bits per heavy atom. The number of hydrogen-bond donors (Lipinski definition) is 1. The topological polar surface area (TPSA) is 40.5 Å². The quantitative estimate of drug-likeness (QED) is 0.700. The largest absolute Gasteiger partial charge is 0.395 e. The fraction of sp³-hybridized carbons (Fsp3) is 0.917. The molecule has 0 radical (unpaired) electrons. The number of aliphatic hydroxyl groups excluding tert-OH is 1. The summed E-state index contributed by atoms with van der Waals surface area (Å²) in [6.07, 6.45) is 6.55. The van der Waals surface area contributed by atoms with E-state index in [1.165, 1.54) is 19.3 Å². The third kappa shape index (κ3) is 4.20. The normalized spacial score (nSPS) is 16.1. The molecule has 1 aliphatic rings. The van der Waals surface area contributed by atoms with Gasteiger partial charge in [0.2, 0.25) is 5.91 Å². The second kappa shape index (κ2) is 6.83. The van der Waals surface area contributed by atoms with Crippen LogP contribution < -0.4 is 0 Å². The van der Waals surface area contributed by atoms with Gasteiger partial charge in [-0.2, -0.15) is 0 Å². The van der Waals surface area contributed by atoms with Crippen LogP contribution in [0.1, 0.15) is 45.4 Å². The number of nitrogens with zero attached hydrogens (tertiary/aromatic N) is 1. The number of carbonyl (C=O) groups is 1. The standard InChI is InChI=1S/C12H23NO2/c1-2-3-7-13(8-9-14)12(15)10-11-5-4-6-11/h11,14H,2-10H2,1H3. The number of aliphatic hydroxyl groups is 1. The van der Waals surface area contributed by atoms with E-state index < -0.39 is 0 Å². The van der Waals surface area contributed by atoms with Crippen LogP contribution in [0.15, 0.2) is 0 Å². The molecule has 1 N–H and O–H groups in total. The van der Waals surface area contributed by atoms with E-state index in [9.17, 15) is 4.79 Å². The fourth-order valence-electron chi connectivity index (χ4n) is 1.90. The molecule has 0 bridgehead atoms. The Labute approximate surface area is 92.5 Å². The molecule has 3 nitrogen and oxygen atoms in total. The SMILES string of the molecule is CCCCN(CCO)C(=O)CC1CCC1. The van der Waals surface area contributed by atoms with Crippen molar-refractivity contribution in [1.29, 1.82) is 0 Å². The van der Waals surface area contributed by atoms with Crippen LogP contribution in [0.5, 0.6) is 0 Å². The Hall–Kier alpha value is -0.570. The second-order valence-corrected chi connectivity index (χ2v) is 4.46. The molecule has 88 valence electrons. The van der Waals surface area contributed by atoms with Crippen molar-refractivity contribution >= 4 is 5.91 Å². The lowest BCUT2D eigenvalue weighted by molar-refractivity contribution is -0.133. The summed E-state index contributed by atoms with van der Waals surface area (Å²) in [6.45, 7) is 3.52. The smallest absolute Gasteiger partial charge is 0.222 e. The Morgan fingerprint density at radius 1 is 1.40 bits per heavy atom. The highest BCUT2D eigenvalue weighted by atomic mass is 16.3. The van der Waals surface area contributed by atoms with Crippen LogP contribution in [0.2, 0.25) is 0 Å². The van der Waals surface area contributed by atoms with Crippen LogP contribution in [-0.4, -0.2) is 35.6 Å². The van der Waals surface area contributed by atoms with E-state index >= 15 is 0 Å². The molecule has 0 heterocycles. The summed E-state index contributed by atoms with van der Waals surface area (Å²) in [6, 6.07) is 0. The van der Waals surface area contributed by atoms with Crippen molar-refractivity contribution in [2.45, 2.75) is 45.4 Å². The number of unbranched alkanes of at least 4 members (excludes halogenated alkanes) is 1. The first-order valence-corrected chi connectivity index (χ1v) is 6.16. The number of hydrogen-bond acceptors (Lipinski definition) is 2. The minimum absolute atomic E-state index is 0.0835. The van der Waals surface area contributed by atoms with Gasteiger partial charge in [0, 0.05) is 19.5 Å². The Bertz CT molecular complexity index is 190. The minimum Gasteiger partial charge on any atom is -0.395 e. The zero-order valence-corrected chi connectivity index (χ0v) is 9.74. The molecular weight excluding hydrogens is 190 g/mol. The van der Waals surface area contributed by atoms with E-state index in [0.29, 0.717) is 18.9 Å². The van der Waals surface area contributed by atoms with Gasteiger partial charge in [-0.05, 0) is 25.2 Å². The third-order valence-corrected chi connectivity index (χ3v) is 3.19. The average Bonchev–Trinajstić information content (AvgIpc) is 2.18. The minimum atomic E-state index is 0.0835. The Balaban J connectivity index is 2.28. The first kappa shape index (κ1) is 12.5. The Kier molecular flexibility index (Phi) is 5.69. The molecule has 1 rings (SSSR count). The molecule has 0 aliphatic heterocycles. The van der Waals surface area contributed by atoms with Gasteiger partial charge < -0.3 is 10.0 Å². The highest BCUT2D eigenvalue weighted by Gasteiger charge is 2.23. The summed E-state index contributed by atoms with van der Waals surface area (Å²) in [5, 5.41) is 8.90. The molecule has 0 saturated heterocycles.